The highest BCUT2D eigenvalue weighted by Gasteiger charge is 2.01. The van der Waals surface area contributed by atoms with Crippen LogP contribution in [0.4, 0.5) is 0 Å². The minimum Gasteiger partial charge on any atom is -0.336 e. The monoisotopic (exact) mass is 288 g/mol. The first-order valence-corrected chi connectivity index (χ1v) is 7.55. The van der Waals surface area contributed by atoms with Crippen molar-refractivity contribution in [1.82, 2.24) is 20.2 Å². The summed E-state index contributed by atoms with van der Waals surface area (Å²) in [6.07, 6.45) is 1.12. The molecule has 2 N–H and O–H groups in total. The third-order valence-electron chi connectivity index (χ3n) is 2.62. The molecule has 0 aliphatic heterocycles. The lowest BCUT2D eigenvalue weighted by molar-refractivity contribution is -0.643. The van der Waals surface area contributed by atoms with E-state index in [1.165, 1.54) is 0 Å². The number of quaternary nitrogens is 1. The summed E-state index contributed by atoms with van der Waals surface area (Å²) in [5.41, 5.74) is 1.08. The van der Waals surface area contributed by atoms with Gasteiger partial charge in [-0.15, -0.1) is 5.10 Å². The Balaban J connectivity index is 1.54. The highest BCUT2D eigenvalue weighted by Crippen LogP contribution is 2.12. The lowest BCUT2D eigenvalue weighted by Gasteiger charge is -1.98. The van der Waals surface area contributed by atoms with Gasteiger partial charge in [-0.2, -0.15) is 0 Å². The number of rotatable bonds is 6. The second kappa shape index (κ2) is 8.35. The molecule has 0 fully saturated rings. The minimum absolute atomic E-state index is 0.838. The quantitative estimate of drug-likeness (QED) is 0.472. The molecule has 1 aromatic carbocycles. The third kappa shape index (κ3) is 5.03. The van der Waals surface area contributed by atoms with Gasteiger partial charge in [0.25, 0.3) is 0 Å². The second-order valence-electron chi connectivity index (χ2n) is 4.24. The van der Waals surface area contributed by atoms with Crippen LogP contribution in [0.3, 0.4) is 0 Å². The number of nitrogens with two attached hydrogens (primary N) is 1. The topological polar surface area (TPSA) is 60.2 Å². The molecule has 2 rings (SSSR count). The van der Waals surface area contributed by atoms with Gasteiger partial charge in [0, 0.05) is 24.8 Å². The Morgan fingerprint density at radius 3 is 2.90 bits per heavy atom. The average molecular weight is 288 g/mol. The average Bonchev–Trinajstić information content (AvgIpc) is 2.88. The molecule has 0 aliphatic rings. The van der Waals surface area contributed by atoms with Crippen molar-refractivity contribution < 1.29 is 5.32 Å². The van der Waals surface area contributed by atoms with Gasteiger partial charge >= 0.3 is 0 Å². The molecule has 0 amide bonds. The molecule has 20 heavy (non-hydrogen) atoms. The molecule has 1 heterocycles. The molecule has 0 spiro atoms. The standard InChI is InChI=1S/C14H17N5S/c1-19-14(16-17-18-19)20-12-6-11-15-10-5-9-13-7-3-2-4-8-13/h2-4,7-8,15H,6,10-12H2,1H3/p+1. The van der Waals surface area contributed by atoms with Crippen LogP contribution in [0.1, 0.15) is 12.0 Å². The number of benzene rings is 1. The number of aromatic nitrogens is 4. The van der Waals surface area contributed by atoms with Crippen LogP contribution in [-0.4, -0.2) is 39.0 Å². The maximum absolute atomic E-state index is 3.93. The van der Waals surface area contributed by atoms with Crippen molar-refractivity contribution in [3.63, 3.8) is 0 Å². The Morgan fingerprint density at radius 2 is 2.15 bits per heavy atom. The Labute approximate surface area is 123 Å². The van der Waals surface area contributed by atoms with Crippen LogP contribution in [0.5, 0.6) is 0 Å². The molecule has 6 heteroatoms. The van der Waals surface area contributed by atoms with Gasteiger partial charge in [0.1, 0.15) is 6.54 Å². The SMILES string of the molecule is Cn1nnnc1SCCC[NH2+]CC#Cc1ccccc1. The second-order valence-corrected chi connectivity index (χ2v) is 5.30. The van der Waals surface area contributed by atoms with Crippen LogP contribution in [0.25, 0.3) is 0 Å². The van der Waals surface area contributed by atoms with Gasteiger partial charge in [0.2, 0.25) is 5.16 Å². The summed E-state index contributed by atoms with van der Waals surface area (Å²) in [6.45, 7) is 1.91. The molecular weight excluding hydrogens is 270 g/mol. The lowest BCUT2D eigenvalue weighted by Crippen LogP contribution is -2.84. The summed E-state index contributed by atoms with van der Waals surface area (Å²) in [7, 11) is 1.85. The highest BCUT2D eigenvalue weighted by atomic mass is 32.2. The summed E-state index contributed by atoms with van der Waals surface area (Å²) in [6, 6.07) is 10.1. The van der Waals surface area contributed by atoms with Crippen molar-refractivity contribution in [2.45, 2.75) is 11.6 Å². The molecule has 1 aromatic heterocycles. The van der Waals surface area contributed by atoms with Crippen molar-refractivity contribution >= 4 is 11.8 Å². The van der Waals surface area contributed by atoms with Gasteiger partial charge in [0.05, 0.1) is 6.54 Å². The van der Waals surface area contributed by atoms with Gasteiger partial charge in [-0.3, -0.25) is 0 Å². The molecule has 0 bridgehead atoms. The first-order chi connectivity index (χ1) is 9.86. The van der Waals surface area contributed by atoms with Crippen molar-refractivity contribution in [3.05, 3.63) is 35.9 Å². The Morgan fingerprint density at radius 1 is 1.30 bits per heavy atom. The minimum atomic E-state index is 0.838. The molecule has 5 nitrogen and oxygen atoms in total. The normalized spacial score (nSPS) is 10.1. The molecule has 0 atom stereocenters. The van der Waals surface area contributed by atoms with Gasteiger partial charge in [-0.05, 0) is 28.5 Å². The molecule has 0 saturated carbocycles. The molecule has 2 aromatic rings. The van der Waals surface area contributed by atoms with E-state index in [0.717, 1.165) is 36.0 Å². The lowest BCUT2D eigenvalue weighted by atomic mass is 10.2. The van der Waals surface area contributed by atoms with Crippen molar-refractivity contribution in [1.29, 1.82) is 0 Å². The Bertz CT molecular complexity index is 570. The van der Waals surface area contributed by atoms with Gasteiger partial charge < -0.3 is 5.32 Å². The van der Waals surface area contributed by atoms with E-state index in [0.29, 0.717) is 0 Å². The summed E-state index contributed by atoms with van der Waals surface area (Å²) < 4.78 is 1.69. The fourth-order valence-corrected chi connectivity index (χ4v) is 2.39. The molecule has 104 valence electrons. The van der Waals surface area contributed by atoms with Gasteiger partial charge in [-0.1, -0.05) is 35.9 Å². The molecule has 0 radical (unpaired) electrons. The number of hydrogen-bond donors (Lipinski definition) is 1. The molecule has 0 unspecified atom stereocenters. The molecule has 0 aliphatic carbocycles. The third-order valence-corrected chi connectivity index (χ3v) is 3.71. The van der Waals surface area contributed by atoms with Crippen LogP contribution < -0.4 is 5.32 Å². The fraction of sp³-hybridized carbons (Fsp3) is 0.357. The smallest absolute Gasteiger partial charge is 0.209 e. The first kappa shape index (κ1) is 14.6. The summed E-state index contributed by atoms with van der Waals surface area (Å²) in [5, 5.41) is 14.4. The first-order valence-electron chi connectivity index (χ1n) is 6.57. The van der Waals surface area contributed by atoms with E-state index in [1.807, 2.05) is 37.4 Å². The Hall–Kier alpha value is -1.84. The van der Waals surface area contributed by atoms with Crippen molar-refractivity contribution in [2.75, 3.05) is 18.8 Å². The van der Waals surface area contributed by atoms with E-state index < -0.39 is 0 Å². The predicted octanol–water partition coefficient (Wildman–Crippen LogP) is 0.307. The highest BCUT2D eigenvalue weighted by molar-refractivity contribution is 7.99. The zero-order valence-electron chi connectivity index (χ0n) is 11.5. The van der Waals surface area contributed by atoms with Gasteiger partial charge in [-0.25, -0.2) is 4.68 Å². The summed E-state index contributed by atoms with van der Waals surface area (Å²) in [5.74, 6) is 7.34. The van der Waals surface area contributed by atoms with Crippen LogP contribution in [-0.2, 0) is 7.05 Å². The molecular formula is C14H18N5S+. The van der Waals surface area contributed by atoms with Crippen molar-refractivity contribution in [3.8, 4) is 11.8 Å². The van der Waals surface area contributed by atoms with Gasteiger partial charge in [0.15, 0.2) is 0 Å². The largest absolute Gasteiger partial charge is 0.336 e. The number of aryl methyl sites for hydroxylation is 1. The zero-order valence-corrected chi connectivity index (χ0v) is 12.3. The van der Waals surface area contributed by atoms with E-state index in [2.05, 4.69) is 32.7 Å². The summed E-state index contributed by atoms with van der Waals surface area (Å²) >= 11 is 1.69. The number of thioether (sulfide) groups is 1. The van der Waals surface area contributed by atoms with Crippen LogP contribution in [0, 0.1) is 11.8 Å². The Kier molecular flexibility index (Phi) is 6.08. The van der Waals surface area contributed by atoms with E-state index in [9.17, 15) is 0 Å². The molecule has 0 saturated heterocycles. The van der Waals surface area contributed by atoms with E-state index in [-0.39, 0.29) is 0 Å². The van der Waals surface area contributed by atoms with E-state index in [4.69, 9.17) is 0 Å². The summed E-state index contributed by atoms with van der Waals surface area (Å²) in [4.78, 5) is 0. The fourth-order valence-electron chi connectivity index (χ4n) is 1.58. The van der Waals surface area contributed by atoms with E-state index in [1.54, 1.807) is 16.4 Å². The van der Waals surface area contributed by atoms with Crippen LogP contribution in [0.15, 0.2) is 35.5 Å². The van der Waals surface area contributed by atoms with Crippen molar-refractivity contribution in [2.24, 2.45) is 7.05 Å². The number of tetrazole rings is 1. The van der Waals surface area contributed by atoms with E-state index >= 15 is 0 Å². The number of hydrogen-bond acceptors (Lipinski definition) is 4. The maximum atomic E-state index is 3.93. The van der Waals surface area contributed by atoms with Crippen LogP contribution in [0.2, 0.25) is 0 Å². The maximum Gasteiger partial charge on any atom is 0.209 e. The van der Waals surface area contributed by atoms with Crippen LogP contribution >= 0.6 is 11.8 Å². The number of nitrogens with zero attached hydrogens (tertiary/aromatic N) is 4. The predicted molar refractivity (Wildman–Crippen MR) is 79.1 cm³/mol. The zero-order chi connectivity index (χ0) is 14.0.